The molecule has 1 aromatic carbocycles. The fraction of sp³-hybridized carbons (Fsp3) is 0.200. The molecular formula is C10H10O4. The molecule has 0 amide bonds. The maximum atomic E-state index is 10.7. The van der Waals surface area contributed by atoms with Crippen molar-refractivity contribution in [3.05, 3.63) is 29.8 Å². The van der Waals surface area contributed by atoms with Crippen molar-refractivity contribution in [2.24, 2.45) is 0 Å². The van der Waals surface area contributed by atoms with Crippen molar-refractivity contribution in [3.8, 4) is 5.75 Å². The van der Waals surface area contributed by atoms with Gasteiger partial charge in [0.2, 0.25) is 0 Å². The van der Waals surface area contributed by atoms with Crippen LogP contribution >= 0.6 is 0 Å². The van der Waals surface area contributed by atoms with E-state index in [2.05, 4.69) is 0 Å². The van der Waals surface area contributed by atoms with E-state index >= 15 is 0 Å². The summed E-state index contributed by atoms with van der Waals surface area (Å²) in [5.41, 5.74) is 0.373. The van der Waals surface area contributed by atoms with Crippen LogP contribution in [0.25, 0.3) is 0 Å². The zero-order valence-electron chi connectivity index (χ0n) is 7.64. The molecule has 0 saturated heterocycles. The molecule has 0 heterocycles. The third-order valence-corrected chi connectivity index (χ3v) is 1.88. The first-order valence-electron chi connectivity index (χ1n) is 4.01. The van der Waals surface area contributed by atoms with Crippen LogP contribution in [0.1, 0.15) is 11.5 Å². The average Bonchev–Trinajstić information content (AvgIpc) is 2.19. The first-order chi connectivity index (χ1) is 6.70. The van der Waals surface area contributed by atoms with Crippen LogP contribution in [-0.4, -0.2) is 24.5 Å². The minimum absolute atomic E-state index is 0.373. The number of aldehydes is 1. The molecule has 0 aromatic heterocycles. The molecule has 0 fully saturated rings. The van der Waals surface area contributed by atoms with Crippen LogP contribution < -0.4 is 4.74 Å². The minimum Gasteiger partial charge on any atom is -0.496 e. The molecule has 14 heavy (non-hydrogen) atoms. The van der Waals surface area contributed by atoms with Gasteiger partial charge in [0.05, 0.1) is 7.11 Å². The van der Waals surface area contributed by atoms with E-state index in [1.807, 2.05) is 0 Å². The summed E-state index contributed by atoms with van der Waals surface area (Å²) in [5.74, 6) is -1.93. The van der Waals surface area contributed by atoms with Crippen molar-refractivity contribution in [1.29, 1.82) is 0 Å². The largest absolute Gasteiger partial charge is 0.496 e. The highest BCUT2D eigenvalue weighted by Crippen LogP contribution is 2.25. The first-order valence-corrected chi connectivity index (χ1v) is 4.01. The normalized spacial score (nSPS) is 11.8. The molecule has 0 bridgehead atoms. The van der Waals surface area contributed by atoms with Crippen molar-refractivity contribution in [2.45, 2.75) is 5.92 Å². The number of hydrogen-bond donors (Lipinski definition) is 1. The Morgan fingerprint density at radius 1 is 1.50 bits per heavy atom. The number of aliphatic carboxylic acids is 1. The number of methoxy groups -OCH3 is 1. The molecule has 1 unspecified atom stereocenters. The molecule has 4 heteroatoms. The van der Waals surface area contributed by atoms with Gasteiger partial charge in [0, 0.05) is 5.56 Å². The van der Waals surface area contributed by atoms with Crippen molar-refractivity contribution < 1.29 is 19.4 Å². The number of para-hydroxylation sites is 1. The molecule has 4 nitrogen and oxygen atoms in total. The number of hydrogen-bond acceptors (Lipinski definition) is 3. The standard InChI is InChI=1S/C10H10O4/c1-14-9-5-3-2-4-7(9)8(6-11)10(12)13/h2-6,8H,1H3,(H,12,13). The number of rotatable bonds is 4. The second kappa shape index (κ2) is 4.41. The third kappa shape index (κ3) is 1.90. The maximum absolute atomic E-state index is 10.7. The minimum atomic E-state index is -1.18. The van der Waals surface area contributed by atoms with Gasteiger partial charge in [-0.3, -0.25) is 4.79 Å². The van der Waals surface area contributed by atoms with Crippen molar-refractivity contribution in [2.75, 3.05) is 7.11 Å². The van der Waals surface area contributed by atoms with Crippen molar-refractivity contribution >= 4 is 12.3 Å². The van der Waals surface area contributed by atoms with Crippen LogP contribution in [0.3, 0.4) is 0 Å². The van der Waals surface area contributed by atoms with Gasteiger partial charge in [-0.15, -0.1) is 0 Å². The Hall–Kier alpha value is -1.84. The lowest BCUT2D eigenvalue weighted by atomic mass is 10.00. The SMILES string of the molecule is COc1ccccc1C(C=O)C(=O)O. The highest BCUT2D eigenvalue weighted by atomic mass is 16.5. The second-order valence-electron chi connectivity index (χ2n) is 2.69. The van der Waals surface area contributed by atoms with E-state index in [0.717, 1.165) is 0 Å². The fourth-order valence-electron chi connectivity index (χ4n) is 1.19. The second-order valence-corrected chi connectivity index (χ2v) is 2.69. The van der Waals surface area contributed by atoms with Crippen LogP contribution in [0.15, 0.2) is 24.3 Å². The molecule has 1 atom stereocenters. The predicted molar refractivity (Wildman–Crippen MR) is 49.4 cm³/mol. The lowest BCUT2D eigenvalue weighted by Gasteiger charge is -2.10. The Balaban J connectivity index is 3.15. The molecule has 1 rings (SSSR count). The quantitative estimate of drug-likeness (QED) is 0.575. The Labute approximate surface area is 81.1 Å². The lowest BCUT2D eigenvalue weighted by molar-refractivity contribution is -0.140. The molecule has 0 radical (unpaired) electrons. The van der Waals surface area contributed by atoms with Crippen LogP contribution in [0.5, 0.6) is 5.75 Å². The van der Waals surface area contributed by atoms with E-state index in [4.69, 9.17) is 9.84 Å². The van der Waals surface area contributed by atoms with Gasteiger partial charge in [0.15, 0.2) is 0 Å². The Morgan fingerprint density at radius 2 is 2.14 bits per heavy atom. The zero-order valence-corrected chi connectivity index (χ0v) is 7.64. The molecule has 0 spiro atoms. The zero-order chi connectivity index (χ0) is 10.6. The van der Waals surface area contributed by atoms with Gasteiger partial charge in [-0.1, -0.05) is 18.2 Å². The number of carboxylic acids is 1. The van der Waals surface area contributed by atoms with E-state index in [-0.39, 0.29) is 0 Å². The van der Waals surface area contributed by atoms with E-state index in [1.165, 1.54) is 7.11 Å². The van der Waals surface area contributed by atoms with E-state index in [0.29, 0.717) is 17.6 Å². The number of carboxylic acid groups (broad SMARTS) is 1. The first kappa shape index (κ1) is 10.2. The highest BCUT2D eigenvalue weighted by molar-refractivity contribution is 5.93. The molecule has 0 saturated carbocycles. The smallest absolute Gasteiger partial charge is 0.318 e. The lowest BCUT2D eigenvalue weighted by Crippen LogP contribution is -2.13. The summed E-state index contributed by atoms with van der Waals surface area (Å²) in [5, 5.41) is 8.76. The van der Waals surface area contributed by atoms with Crippen LogP contribution in [0, 0.1) is 0 Å². The van der Waals surface area contributed by atoms with Gasteiger partial charge in [0.25, 0.3) is 0 Å². The van der Waals surface area contributed by atoms with Crippen LogP contribution in [0.4, 0.5) is 0 Å². The molecule has 0 aliphatic carbocycles. The number of ether oxygens (including phenoxy) is 1. The Morgan fingerprint density at radius 3 is 2.64 bits per heavy atom. The molecule has 1 aromatic rings. The fourth-order valence-corrected chi connectivity index (χ4v) is 1.19. The van der Waals surface area contributed by atoms with Crippen molar-refractivity contribution in [3.63, 3.8) is 0 Å². The monoisotopic (exact) mass is 194 g/mol. The average molecular weight is 194 g/mol. The highest BCUT2D eigenvalue weighted by Gasteiger charge is 2.21. The van der Waals surface area contributed by atoms with Crippen LogP contribution in [0.2, 0.25) is 0 Å². The van der Waals surface area contributed by atoms with E-state index in [9.17, 15) is 9.59 Å². The Bertz CT molecular complexity index is 346. The summed E-state index contributed by atoms with van der Waals surface area (Å²) >= 11 is 0. The van der Waals surface area contributed by atoms with Gasteiger partial charge in [-0.2, -0.15) is 0 Å². The van der Waals surface area contributed by atoms with Gasteiger partial charge in [-0.25, -0.2) is 0 Å². The summed E-state index contributed by atoms with van der Waals surface area (Å²) in [6, 6.07) is 6.56. The molecule has 0 aliphatic heterocycles. The summed E-state index contributed by atoms with van der Waals surface area (Å²) in [6.45, 7) is 0. The van der Waals surface area contributed by atoms with Crippen LogP contribution in [-0.2, 0) is 9.59 Å². The van der Waals surface area contributed by atoms with Gasteiger partial charge in [0.1, 0.15) is 18.0 Å². The summed E-state index contributed by atoms with van der Waals surface area (Å²) < 4.78 is 4.96. The molecular weight excluding hydrogens is 184 g/mol. The van der Waals surface area contributed by atoms with Gasteiger partial charge >= 0.3 is 5.97 Å². The predicted octanol–water partition coefficient (Wildman–Crippen LogP) is 1.06. The molecule has 1 N–H and O–H groups in total. The summed E-state index contributed by atoms with van der Waals surface area (Å²) in [4.78, 5) is 21.3. The van der Waals surface area contributed by atoms with Crippen molar-refractivity contribution in [1.82, 2.24) is 0 Å². The van der Waals surface area contributed by atoms with Gasteiger partial charge in [-0.05, 0) is 6.07 Å². The molecule has 74 valence electrons. The number of carbonyl (C=O) groups excluding carboxylic acids is 1. The number of benzene rings is 1. The van der Waals surface area contributed by atoms with E-state index in [1.54, 1.807) is 24.3 Å². The Kier molecular flexibility index (Phi) is 3.23. The summed E-state index contributed by atoms with van der Waals surface area (Å²) in [7, 11) is 1.43. The van der Waals surface area contributed by atoms with E-state index < -0.39 is 11.9 Å². The molecule has 0 aliphatic rings. The summed E-state index contributed by atoms with van der Waals surface area (Å²) in [6.07, 6.45) is 0.389. The third-order valence-electron chi connectivity index (χ3n) is 1.88. The topological polar surface area (TPSA) is 63.6 Å². The maximum Gasteiger partial charge on any atom is 0.318 e. The van der Waals surface area contributed by atoms with Gasteiger partial charge < -0.3 is 14.6 Å². The number of carbonyl (C=O) groups is 2.